The number of nitrogens with zero attached hydrogens (tertiary/aromatic N) is 3. The van der Waals surface area contributed by atoms with E-state index in [2.05, 4.69) is 10.2 Å². The molecule has 1 aromatic rings. The number of amides is 2. The zero-order valence-corrected chi connectivity index (χ0v) is 16.9. The van der Waals surface area contributed by atoms with E-state index in [1.165, 1.54) is 0 Å². The fourth-order valence-corrected chi connectivity index (χ4v) is 3.95. The van der Waals surface area contributed by atoms with E-state index >= 15 is 0 Å². The molecular weight excluding hydrogens is 356 g/mol. The van der Waals surface area contributed by atoms with Crippen molar-refractivity contribution in [2.45, 2.75) is 31.8 Å². The number of piperidine rings is 1. The molecule has 2 fully saturated rings. The first-order valence-corrected chi connectivity index (χ1v) is 10.1. The van der Waals surface area contributed by atoms with Gasteiger partial charge in [-0.2, -0.15) is 0 Å². The number of nitrogens with one attached hydrogen (secondary N) is 1. The van der Waals surface area contributed by atoms with Gasteiger partial charge in [-0.1, -0.05) is 12.1 Å². The summed E-state index contributed by atoms with van der Waals surface area (Å²) in [6.07, 6.45) is 2.15. The van der Waals surface area contributed by atoms with E-state index < -0.39 is 0 Å². The predicted octanol–water partition coefficient (Wildman–Crippen LogP) is 0.883. The Labute approximate surface area is 167 Å². The van der Waals surface area contributed by atoms with E-state index in [1.54, 1.807) is 12.1 Å². The Balaban J connectivity index is 1.41. The highest BCUT2D eigenvalue weighted by molar-refractivity contribution is 5.89. The molecule has 1 unspecified atom stereocenters. The van der Waals surface area contributed by atoms with Crippen molar-refractivity contribution in [1.29, 1.82) is 0 Å². The fourth-order valence-electron chi connectivity index (χ4n) is 3.95. The van der Waals surface area contributed by atoms with Gasteiger partial charge in [-0.25, -0.2) is 0 Å². The molecule has 1 aromatic carbocycles. The number of hydrogen-bond donors (Lipinski definition) is 2. The summed E-state index contributed by atoms with van der Waals surface area (Å²) < 4.78 is 0. The minimum atomic E-state index is -0.222. The van der Waals surface area contributed by atoms with Crippen molar-refractivity contribution >= 4 is 11.8 Å². The predicted molar refractivity (Wildman–Crippen MR) is 108 cm³/mol. The first-order valence-electron chi connectivity index (χ1n) is 10.1. The Morgan fingerprint density at radius 1 is 1.29 bits per heavy atom. The van der Waals surface area contributed by atoms with Gasteiger partial charge in [0.25, 0.3) is 0 Å². The zero-order valence-electron chi connectivity index (χ0n) is 16.9. The molecule has 2 amide bonds. The van der Waals surface area contributed by atoms with E-state index in [-0.39, 0.29) is 23.8 Å². The SMILES string of the molecule is CN(C)CCN1CC(C(=O)NC2CCN(Cc3cccc(O)c3)CC2)CC1=O. The van der Waals surface area contributed by atoms with Crippen LogP contribution in [0.5, 0.6) is 5.75 Å². The Bertz CT molecular complexity index is 686. The number of likely N-dealkylation sites (tertiary alicyclic amines) is 2. The fraction of sp³-hybridized carbons (Fsp3) is 0.619. The van der Waals surface area contributed by atoms with Crippen molar-refractivity contribution in [2.75, 3.05) is 46.8 Å². The molecule has 7 nitrogen and oxygen atoms in total. The summed E-state index contributed by atoms with van der Waals surface area (Å²) in [6, 6.07) is 7.54. The van der Waals surface area contributed by atoms with Crippen LogP contribution in [-0.2, 0) is 16.1 Å². The number of carbonyl (C=O) groups excluding carboxylic acids is 2. The monoisotopic (exact) mass is 388 g/mol. The Kier molecular flexibility index (Phi) is 6.91. The molecule has 2 saturated heterocycles. The topological polar surface area (TPSA) is 76.1 Å². The molecule has 28 heavy (non-hydrogen) atoms. The van der Waals surface area contributed by atoms with Crippen LogP contribution >= 0.6 is 0 Å². The number of hydrogen-bond acceptors (Lipinski definition) is 5. The maximum Gasteiger partial charge on any atom is 0.225 e. The molecule has 0 radical (unpaired) electrons. The lowest BCUT2D eigenvalue weighted by Gasteiger charge is -2.32. The van der Waals surface area contributed by atoms with Crippen molar-refractivity contribution in [3.05, 3.63) is 29.8 Å². The van der Waals surface area contributed by atoms with E-state index in [9.17, 15) is 14.7 Å². The van der Waals surface area contributed by atoms with Crippen LogP contribution in [0.15, 0.2) is 24.3 Å². The summed E-state index contributed by atoms with van der Waals surface area (Å²) in [7, 11) is 3.97. The molecule has 2 aliphatic rings. The summed E-state index contributed by atoms with van der Waals surface area (Å²) in [4.78, 5) is 30.9. The van der Waals surface area contributed by atoms with Gasteiger partial charge in [0.15, 0.2) is 0 Å². The third-order valence-corrected chi connectivity index (χ3v) is 5.65. The molecule has 1 atom stereocenters. The molecule has 2 heterocycles. The lowest BCUT2D eigenvalue weighted by molar-refractivity contribution is -0.129. The second kappa shape index (κ2) is 9.39. The summed E-state index contributed by atoms with van der Waals surface area (Å²) >= 11 is 0. The number of benzene rings is 1. The largest absolute Gasteiger partial charge is 0.508 e. The first kappa shape index (κ1) is 20.6. The smallest absolute Gasteiger partial charge is 0.225 e. The highest BCUT2D eigenvalue weighted by Crippen LogP contribution is 2.20. The lowest BCUT2D eigenvalue weighted by Crippen LogP contribution is -2.46. The molecule has 3 rings (SSSR count). The summed E-state index contributed by atoms with van der Waals surface area (Å²) in [6.45, 7) is 4.68. The number of likely N-dealkylation sites (N-methyl/N-ethyl adjacent to an activating group) is 1. The molecule has 154 valence electrons. The number of phenols is 1. The van der Waals surface area contributed by atoms with Gasteiger partial charge in [0, 0.05) is 51.7 Å². The highest BCUT2D eigenvalue weighted by atomic mass is 16.3. The van der Waals surface area contributed by atoms with Crippen molar-refractivity contribution in [3.63, 3.8) is 0 Å². The van der Waals surface area contributed by atoms with Gasteiger partial charge in [0.1, 0.15) is 5.75 Å². The van der Waals surface area contributed by atoms with Crippen LogP contribution < -0.4 is 5.32 Å². The maximum absolute atomic E-state index is 12.6. The van der Waals surface area contributed by atoms with Gasteiger partial charge in [-0.3, -0.25) is 14.5 Å². The average Bonchev–Trinajstić information content (AvgIpc) is 3.02. The molecule has 0 saturated carbocycles. The Hall–Kier alpha value is -2.12. The van der Waals surface area contributed by atoms with Crippen LogP contribution in [0.25, 0.3) is 0 Å². The molecule has 0 bridgehead atoms. The Morgan fingerprint density at radius 2 is 2.04 bits per heavy atom. The van der Waals surface area contributed by atoms with E-state index in [0.29, 0.717) is 25.3 Å². The van der Waals surface area contributed by atoms with Crippen LogP contribution in [0.4, 0.5) is 0 Å². The van der Waals surface area contributed by atoms with Crippen LogP contribution in [0, 0.1) is 5.92 Å². The maximum atomic E-state index is 12.6. The van der Waals surface area contributed by atoms with E-state index in [1.807, 2.05) is 36.0 Å². The third kappa shape index (κ3) is 5.69. The standard InChI is InChI=1S/C21H32N4O3/c1-23(2)10-11-25-15-17(13-20(25)27)21(28)22-18-6-8-24(9-7-18)14-16-4-3-5-19(26)12-16/h3-5,12,17-18,26H,6-11,13-15H2,1-2H3,(H,22,28). The molecular formula is C21H32N4O3. The second-order valence-corrected chi connectivity index (χ2v) is 8.27. The minimum absolute atomic E-state index is 0.0205. The summed E-state index contributed by atoms with van der Waals surface area (Å²) in [5.74, 6) is 0.181. The molecule has 2 N–H and O–H groups in total. The van der Waals surface area contributed by atoms with Gasteiger partial charge in [0.05, 0.1) is 5.92 Å². The molecule has 0 aliphatic carbocycles. The quantitative estimate of drug-likeness (QED) is 0.725. The van der Waals surface area contributed by atoms with E-state index in [0.717, 1.165) is 44.6 Å². The van der Waals surface area contributed by atoms with E-state index in [4.69, 9.17) is 0 Å². The molecule has 0 aromatic heterocycles. The van der Waals surface area contributed by atoms with Crippen LogP contribution in [0.3, 0.4) is 0 Å². The van der Waals surface area contributed by atoms with Crippen molar-refractivity contribution in [3.8, 4) is 5.75 Å². The summed E-state index contributed by atoms with van der Waals surface area (Å²) in [5.41, 5.74) is 1.10. The Morgan fingerprint density at radius 3 is 2.71 bits per heavy atom. The number of phenolic OH excluding ortho intramolecular Hbond substituents is 1. The molecule has 0 spiro atoms. The molecule has 2 aliphatic heterocycles. The lowest BCUT2D eigenvalue weighted by atomic mass is 10.0. The van der Waals surface area contributed by atoms with Crippen molar-refractivity contribution < 1.29 is 14.7 Å². The number of rotatable bonds is 7. The highest BCUT2D eigenvalue weighted by Gasteiger charge is 2.35. The van der Waals surface area contributed by atoms with Gasteiger partial charge in [-0.05, 0) is 44.6 Å². The minimum Gasteiger partial charge on any atom is -0.508 e. The van der Waals surface area contributed by atoms with Gasteiger partial charge < -0.3 is 20.2 Å². The summed E-state index contributed by atoms with van der Waals surface area (Å²) in [5, 5.41) is 12.8. The first-order chi connectivity index (χ1) is 13.4. The molecule has 7 heteroatoms. The third-order valence-electron chi connectivity index (χ3n) is 5.65. The van der Waals surface area contributed by atoms with Gasteiger partial charge in [-0.15, -0.1) is 0 Å². The number of carbonyl (C=O) groups is 2. The second-order valence-electron chi connectivity index (χ2n) is 8.27. The van der Waals surface area contributed by atoms with Crippen LogP contribution in [-0.4, -0.2) is 84.5 Å². The van der Waals surface area contributed by atoms with Gasteiger partial charge >= 0.3 is 0 Å². The number of aromatic hydroxyl groups is 1. The van der Waals surface area contributed by atoms with Crippen molar-refractivity contribution in [1.82, 2.24) is 20.0 Å². The van der Waals surface area contributed by atoms with Gasteiger partial charge in [0.2, 0.25) is 11.8 Å². The normalized spacial score (nSPS) is 21.5. The van der Waals surface area contributed by atoms with Crippen LogP contribution in [0.2, 0.25) is 0 Å². The average molecular weight is 389 g/mol. The van der Waals surface area contributed by atoms with Crippen molar-refractivity contribution in [2.24, 2.45) is 5.92 Å². The zero-order chi connectivity index (χ0) is 20.1. The van der Waals surface area contributed by atoms with Crippen LogP contribution in [0.1, 0.15) is 24.8 Å².